The van der Waals surface area contributed by atoms with Crippen LogP contribution in [0.4, 0.5) is 0 Å². The summed E-state index contributed by atoms with van der Waals surface area (Å²) >= 11 is 0. The van der Waals surface area contributed by atoms with E-state index in [0.717, 1.165) is 40.6 Å². The summed E-state index contributed by atoms with van der Waals surface area (Å²) in [6.45, 7) is 3.45. The highest BCUT2D eigenvalue weighted by molar-refractivity contribution is 7.27. The summed E-state index contributed by atoms with van der Waals surface area (Å²) in [6, 6.07) is 10.7. The Kier molecular flexibility index (Phi) is 5.08. The third kappa shape index (κ3) is 3.55. The summed E-state index contributed by atoms with van der Waals surface area (Å²) in [5.41, 5.74) is 6.84. The van der Waals surface area contributed by atoms with Gasteiger partial charge in [-0.3, -0.25) is 14.9 Å². The molecular formula is C19H20NO3P. The minimum Gasteiger partial charge on any atom is -0.376 e. The highest BCUT2D eigenvalue weighted by Crippen LogP contribution is 2.27. The van der Waals surface area contributed by atoms with Crippen LogP contribution in [0, 0.1) is 6.92 Å². The molecule has 3 rings (SSSR count). The van der Waals surface area contributed by atoms with E-state index in [9.17, 15) is 9.59 Å². The Morgan fingerprint density at radius 2 is 2.08 bits per heavy atom. The molecule has 24 heavy (non-hydrogen) atoms. The van der Waals surface area contributed by atoms with Crippen molar-refractivity contribution in [2.24, 2.45) is 0 Å². The van der Waals surface area contributed by atoms with E-state index in [1.165, 1.54) is 11.1 Å². The molecule has 2 aromatic carbocycles. The maximum absolute atomic E-state index is 11.7. The monoisotopic (exact) mass is 341 g/mol. The number of imide groups is 1. The van der Waals surface area contributed by atoms with Crippen molar-refractivity contribution >= 4 is 26.9 Å². The van der Waals surface area contributed by atoms with Gasteiger partial charge in [0.25, 0.3) is 0 Å². The molecule has 0 saturated heterocycles. The number of nitrogens with one attached hydrogen (secondary N) is 1. The van der Waals surface area contributed by atoms with Crippen molar-refractivity contribution in [2.75, 3.05) is 6.61 Å². The van der Waals surface area contributed by atoms with Crippen molar-refractivity contribution in [1.82, 2.24) is 5.32 Å². The fraction of sp³-hybridized carbons (Fsp3) is 0.263. The number of rotatable bonds is 4. The number of benzene rings is 2. The molecule has 1 N–H and O–H groups in total. The molecule has 5 heteroatoms. The van der Waals surface area contributed by atoms with Crippen molar-refractivity contribution in [1.29, 1.82) is 0 Å². The minimum absolute atomic E-state index is 0.196. The van der Waals surface area contributed by atoms with Gasteiger partial charge in [-0.25, -0.2) is 0 Å². The van der Waals surface area contributed by atoms with Gasteiger partial charge >= 0.3 is 0 Å². The lowest BCUT2D eigenvalue weighted by Crippen LogP contribution is -2.25. The lowest BCUT2D eigenvalue weighted by molar-refractivity contribution is -0.124. The van der Waals surface area contributed by atoms with Gasteiger partial charge in [0.1, 0.15) is 0 Å². The fourth-order valence-electron chi connectivity index (χ4n) is 3.08. The van der Waals surface area contributed by atoms with Gasteiger partial charge in [-0.15, -0.1) is 9.24 Å². The Hall–Kier alpha value is -2.03. The molecule has 124 valence electrons. The molecule has 1 aliphatic rings. The Balaban J connectivity index is 1.92. The van der Waals surface area contributed by atoms with Gasteiger partial charge in [0.2, 0.25) is 12.3 Å². The third-order valence-electron chi connectivity index (χ3n) is 4.38. The predicted molar refractivity (Wildman–Crippen MR) is 97.2 cm³/mol. The second-order valence-corrected chi connectivity index (χ2v) is 6.63. The predicted octanol–water partition coefficient (Wildman–Crippen LogP) is 2.05. The highest BCUT2D eigenvalue weighted by atomic mass is 31.0. The number of aryl methyl sites for hydroxylation is 1. The summed E-state index contributed by atoms with van der Waals surface area (Å²) in [6.07, 6.45) is 1.58. The highest BCUT2D eigenvalue weighted by Gasteiger charge is 2.13. The van der Waals surface area contributed by atoms with Gasteiger partial charge < -0.3 is 4.74 Å². The van der Waals surface area contributed by atoms with Crippen LogP contribution in [-0.4, -0.2) is 18.9 Å². The molecule has 0 bridgehead atoms. The van der Waals surface area contributed by atoms with Gasteiger partial charge in [0.05, 0.1) is 19.6 Å². The van der Waals surface area contributed by atoms with Crippen LogP contribution in [0.3, 0.4) is 0 Å². The maximum atomic E-state index is 11.7. The van der Waals surface area contributed by atoms with Gasteiger partial charge in [-0.2, -0.15) is 0 Å². The lowest BCUT2D eigenvalue weighted by Gasteiger charge is -2.18. The Morgan fingerprint density at radius 1 is 1.25 bits per heavy atom. The molecule has 0 radical (unpaired) electrons. The van der Waals surface area contributed by atoms with E-state index in [-0.39, 0.29) is 12.3 Å². The summed E-state index contributed by atoms with van der Waals surface area (Å²) in [7, 11) is 2.69. The zero-order valence-corrected chi connectivity index (χ0v) is 14.7. The summed E-state index contributed by atoms with van der Waals surface area (Å²) in [4.78, 5) is 22.1. The Bertz CT molecular complexity index is 778. The van der Waals surface area contributed by atoms with E-state index in [1.807, 2.05) is 6.92 Å². The molecule has 0 spiro atoms. The number of fused-ring (bicyclic) bond motifs is 1. The summed E-state index contributed by atoms with van der Waals surface area (Å²) in [5.74, 6) is -0.296. The average molecular weight is 341 g/mol. The standard InChI is InChI=1S/C19H20NO3P/c1-12-6-15(8-18(24)17(12)9-19(22)20-11-21)14-3-2-13-4-5-23-10-16(13)7-14/h2-3,6-8,11H,4-5,9-10,24H2,1H3,(H,20,21,22). The molecule has 0 aromatic heterocycles. The largest absolute Gasteiger partial charge is 0.376 e. The topological polar surface area (TPSA) is 55.4 Å². The minimum atomic E-state index is -0.296. The van der Waals surface area contributed by atoms with Crippen LogP contribution < -0.4 is 10.6 Å². The summed E-state index contributed by atoms with van der Waals surface area (Å²) in [5, 5.41) is 3.16. The second-order valence-electron chi connectivity index (χ2n) is 6.01. The van der Waals surface area contributed by atoms with Crippen LogP contribution in [0.25, 0.3) is 11.1 Å². The number of amides is 2. The summed E-state index contributed by atoms with van der Waals surface area (Å²) < 4.78 is 5.54. The normalized spacial score (nSPS) is 13.2. The Labute approximate surface area is 143 Å². The molecule has 0 saturated carbocycles. The van der Waals surface area contributed by atoms with E-state index in [4.69, 9.17) is 4.74 Å². The fourth-order valence-corrected chi connectivity index (χ4v) is 3.59. The first-order valence-corrected chi connectivity index (χ1v) is 8.48. The molecule has 1 atom stereocenters. The van der Waals surface area contributed by atoms with Crippen molar-refractivity contribution in [2.45, 2.75) is 26.4 Å². The van der Waals surface area contributed by atoms with Crippen LogP contribution in [0.15, 0.2) is 30.3 Å². The quantitative estimate of drug-likeness (QED) is 0.684. The van der Waals surface area contributed by atoms with Crippen molar-refractivity contribution in [3.05, 3.63) is 52.6 Å². The molecular weight excluding hydrogens is 321 g/mol. The number of carbonyl (C=O) groups is 2. The first kappa shape index (κ1) is 16.8. The number of hydrogen-bond donors (Lipinski definition) is 1. The lowest BCUT2D eigenvalue weighted by atomic mass is 9.94. The molecule has 0 aliphatic carbocycles. The number of ether oxygens (including phenoxy) is 1. The zero-order valence-electron chi connectivity index (χ0n) is 13.6. The molecule has 0 fully saturated rings. The van der Waals surface area contributed by atoms with Crippen molar-refractivity contribution < 1.29 is 14.3 Å². The smallest absolute Gasteiger partial charge is 0.230 e. The van der Waals surface area contributed by atoms with Gasteiger partial charge in [0.15, 0.2) is 0 Å². The van der Waals surface area contributed by atoms with E-state index < -0.39 is 0 Å². The van der Waals surface area contributed by atoms with Gasteiger partial charge in [-0.1, -0.05) is 18.2 Å². The van der Waals surface area contributed by atoms with E-state index in [1.54, 1.807) is 0 Å². The van der Waals surface area contributed by atoms with Gasteiger partial charge in [0, 0.05) is 0 Å². The number of hydrogen-bond acceptors (Lipinski definition) is 3. The molecule has 2 aromatic rings. The molecule has 1 aliphatic heterocycles. The molecule has 2 amide bonds. The van der Waals surface area contributed by atoms with Crippen molar-refractivity contribution in [3.8, 4) is 11.1 Å². The number of carbonyl (C=O) groups excluding carboxylic acids is 2. The van der Waals surface area contributed by atoms with E-state index in [0.29, 0.717) is 13.0 Å². The van der Waals surface area contributed by atoms with Gasteiger partial charge in [-0.05, 0) is 64.2 Å². The van der Waals surface area contributed by atoms with Crippen LogP contribution in [0.1, 0.15) is 22.3 Å². The van der Waals surface area contributed by atoms with Crippen molar-refractivity contribution in [3.63, 3.8) is 0 Å². The van der Waals surface area contributed by atoms with Crippen LogP contribution in [0.2, 0.25) is 0 Å². The van der Waals surface area contributed by atoms with E-state index in [2.05, 4.69) is 44.9 Å². The van der Waals surface area contributed by atoms with E-state index >= 15 is 0 Å². The second kappa shape index (κ2) is 7.25. The first-order valence-electron chi connectivity index (χ1n) is 7.90. The SMILES string of the molecule is Cc1cc(-c2ccc3c(c2)COCC3)cc(P)c1CC(=O)NC=O. The maximum Gasteiger partial charge on any atom is 0.230 e. The Morgan fingerprint density at radius 3 is 2.83 bits per heavy atom. The molecule has 4 nitrogen and oxygen atoms in total. The van der Waals surface area contributed by atoms with Crippen LogP contribution in [0.5, 0.6) is 0 Å². The van der Waals surface area contributed by atoms with Crippen LogP contribution >= 0.6 is 9.24 Å². The average Bonchev–Trinajstić information content (AvgIpc) is 2.58. The molecule has 1 heterocycles. The molecule has 1 unspecified atom stereocenters. The third-order valence-corrected chi connectivity index (χ3v) is 4.89. The first-order chi connectivity index (χ1) is 11.6. The zero-order chi connectivity index (χ0) is 17.1. The van der Waals surface area contributed by atoms with Crippen LogP contribution in [-0.2, 0) is 33.8 Å².